The van der Waals surface area contributed by atoms with Gasteiger partial charge in [-0.15, -0.1) is 23.4 Å². The Kier molecular flexibility index (Phi) is 5.72. The highest BCUT2D eigenvalue weighted by molar-refractivity contribution is 9.08. The zero-order chi connectivity index (χ0) is 11.3. The van der Waals surface area contributed by atoms with Gasteiger partial charge in [-0.05, 0) is 24.0 Å². The van der Waals surface area contributed by atoms with E-state index in [1.807, 2.05) is 24.5 Å². The van der Waals surface area contributed by atoms with E-state index in [9.17, 15) is 4.79 Å². The van der Waals surface area contributed by atoms with Crippen molar-refractivity contribution < 1.29 is 4.79 Å². The minimum Gasteiger partial charge on any atom is -0.294 e. The van der Waals surface area contributed by atoms with Crippen LogP contribution in [0.5, 0.6) is 0 Å². The molecule has 0 fully saturated rings. The van der Waals surface area contributed by atoms with E-state index in [0.717, 1.165) is 16.0 Å². The molecule has 0 bridgehead atoms. The first-order valence-electron chi connectivity index (χ1n) is 4.55. The molecule has 0 aliphatic rings. The number of ketones is 1. The lowest BCUT2D eigenvalue weighted by Crippen LogP contribution is -2.03. The van der Waals surface area contributed by atoms with Crippen molar-refractivity contribution in [3.8, 4) is 0 Å². The molecule has 1 aromatic rings. The van der Waals surface area contributed by atoms with Crippen LogP contribution in [0.4, 0.5) is 0 Å². The fourth-order valence-corrected chi connectivity index (χ4v) is 2.38. The largest absolute Gasteiger partial charge is 0.294 e. The Hall–Kier alpha value is 0.01000. The molecule has 1 rings (SSSR count). The van der Waals surface area contributed by atoms with Gasteiger partial charge < -0.3 is 0 Å². The Balaban J connectivity index is 3.05. The Morgan fingerprint density at radius 2 is 2.27 bits per heavy atom. The lowest BCUT2D eigenvalue weighted by Gasteiger charge is -2.07. The number of thioether (sulfide) groups is 1. The molecular weight excluding hydrogens is 296 g/mol. The van der Waals surface area contributed by atoms with Gasteiger partial charge in [0.1, 0.15) is 0 Å². The van der Waals surface area contributed by atoms with Gasteiger partial charge in [-0.1, -0.05) is 22.0 Å². The lowest BCUT2D eigenvalue weighted by molar-refractivity contribution is 0.0988. The summed E-state index contributed by atoms with van der Waals surface area (Å²) in [5, 5.41) is 0.699. The van der Waals surface area contributed by atoms with Crippen molar-refractivity contribution in [2.75, 3.05) is 12.1 Å². The number of hydrogen-bond acceptors (Lipinski definition) is 2. The normalized spacial score (nSPS) is 10.3. The molecule has 1 aromatic carbocycles. The number of carbonyl (C=O) groups excluding carboxylic acids is 1. The number of alkyl halides is 2. The Morgan fingerprint density at radius 1 is 1.53 bits per heavy atom. The van der Waals surface area contributed by atoms with E-state index in [1.54, 1.807) is 11.8 Å². The fourth-order valence-electron chi connectivity index (χ4n) is 1.28. The zero-order valence-electron chi connectivity index (χ0n) is 8.43. The summed E-state index contributed by atoms with van der Waals surface area (Å²) in [6, 6.07) is 5.96. The van der Waals surface area contributed by atoms with Crippen LogP contribution in [0.1, 0.15) is 22.3 Å². The third-order valence-corrected chi connectivity index (χ3v) is 3.60. The van der Waals surface area contributed by atoms with E-state index >= 15 is 0 Å². The minimum atomic E-state index is 0.121. The van der Waals surface area contributed by atoms with E-state index in [2.05, 4.69) is 15.9 Å². The molecule has 82 valence electrons. The van der Waals surface area contributed by atoms with Gasteiger partial charge in [0.15, 0.2) is 5.78 Å². The molecule has 0 spiro atoms. The molecule has 1 nitrogen and oxygen atoms in total. The topological polar surface area (TPSA) is 17.1 Å². The van der Waals surface area contributed by atoms with Gasteiger partial charge in [-0.2, -0.15) is 0 Å². The third kappa shape index (κ3) is 3.51. The Labute approximate surface area is 108 Å². The first-order chi connectivity index (χ1) is 7.22. The van der Waals surface area contributed by atoms with Crippen molar-refractivity contribution in [3.63, 3.8) is 0 Å². The molecule has 0 aliphatic heterocycles. The molecule has 0 saturated carbocycles. The molecule has 4 heteroatoms. The maximum atomic E-state index is 11.8. The third-order valence-electron chi connectivity index (χ3n) is 2.08. The highest BCUT2D eigenvalue weighted by Crippen LogP contribution is 2.22. The van der Waals surface area contributed by atoms with Crippen molar-refractivity contribution >= 4 is 45.1 Å². The highest BCUT2D eigenvalue weighted by atomic mass is 79.9. The van der Waals surface area contributed by atoms with Crippen LogP contribution in [0.25, 0.3) is 0 Å². The molecule has 0 unspecified atom stereocenters. The van der Waals surface area contributed by atoms with Gasteiger partial charge in [0.2, 0.25) is 0 Å². The number of hydrogen-bond donors (Lipinski definition) is 0. The van der Waals surface area contributed by atoms with Crippen LogP contribution >= 0.6 is 39.3 Å². The van der Waals surface area contributed by atoms with Crippen LogP contribution in [0.15, 0.2) is 23.1 Å². The monoisotopic (exact) mass is 306 g/mol. The average Bonchev–Trinajstić information content (AvgIpc) is 2.28. The van der Waals surface area contributed by atoms with Crippen LogP contribution in [-0.4, -0.2) is 17.9 Å². The summed E-state index contributed by atoms with van der Waals surface area (Å²) in [5.41, 5.74) is 1.82. The van der Waals surface area contributed by atoms with Gasteiger partial charge in [-0.25, -0.2) is 0 Å². The number of carbonyl (C=O) groups is 1. The van der Waals surface area contributed by atoms with Gasteiger partial charge in [0.25, 0.3) is 0 Å². The maximum absolute atomic E-state index is 11.8. The summed E-state index contributed by atoms with van der Waals surface area (Å²) in [7, 11) is 0. The van der Waals surface area contributed by atoms with E-state index in [4.69, 9.17) is 11.6 Å². The van der Waals surface area contributed by atoms with Crippen molar-refractivity contribution in [3.05, 3.63) is 29.3 Å². The second kappa shape index (κ2) is 6.56. The molecule has 15 heavy (non-hydrogen) atoms. The fraction of sp³-hybridized carbons (Fsp3) is 0.364. The lowest BCUT2D eigenvalue weighted by atomic mass is 10.0. The van der Waals surface area contributed by atoms with Crippen molar-refractivity contribution in [1.29, 1.82) is 0 Å². The van der Waals surface area contributed by atoms with Crippen LogP contribution in [0.3, 0.4) is 0 Å². The smallest absolute Gasteiger partial charge is 0.164 e. The first-order valence-corrected chi connectivity index (χ1v) is 7.43. The Morgan fingerprint density at radius 3 is 2.80 bits per heavy atom. The number of Topliss-reactive ketones (excluding diaryl/α,β-unsaturated/α-hetero) is 1. The van der Waals surface area contributed by atoms with E-state index in [0.29, 0.717) is 17.6 Å². The summed E-state index contributed by atoms with van der Waals surface area (Å²) >= 11 is 10.6. The Bertz CT molecular complexity index is 354. The number of benzene rings is 1. The summed E-state index contributed by atoms with van der Waals surface area (Å²) in [4.78, 5) is 12.9. The number of halogens is 2. The predicted molar refractivity (Wildman–Crippen MR) is 70.5 cm³/mol. The molecule has 0 radical (unpaired) electrons. The summed E-state index contributed by atoms with van der Waals surface area (Å²) in [6.07, 6.45) is 2.40. The van der Waals surface area contributed by atoms with Gasteiger partial charge in [0.05, 0.1) is 0 Å². The average molecular weight is 308 g/mol. The standard InChI is InChI=1S/C11H12BrClOS/c1-15-9-3-2-8(7-12)10(6-9)11(14)4-5-13/h2-3,6H,4-5,7H2,1H3. The summed E-state index contributed by atoms with van der Waals surface area (Å²) < 4.78 is 0. The quantitative estimate of drug-likeness (QED) is 0.462. The van der Waals surface area contributed by atoms with E-state index in [1.165, 1.54) is 0 Å². The molecule has 0 N–H and O–H groups in total. The molecule has 0 heterocycles. The van der Waals surface area contributed by atoms with E-state index in [-0.39, 0.29) is 5.78 Å². The zero-order valence-corrected chi connectivity index (χ0v) is 11.6. The highest BCUT2D eigenvalue weighted by Gasteiger charge is 2.10. The molecular formula is C11H12BrClOS. The summed E-state index contributed by atoms with van der Waals surface area (Å²) in [6.45, 7) is 0. The van der Waals surface area contributed by atoms with Crippen LogP contribution in [-0.2, 0) is 5.33 Å². The molecule has 0 atom stereocenters. The number of rotatable bonds is 5. The van der Waals surface area contributed by atoms with E-state index < -0.39 is 0 Å². The maximum Gasteiger partial charge on any atom is 0.164 e. The van der Waals surface area contributed by atoms with Crippen LogP contribution < -0.4 is 0 Å². The second-order valence-electron chi connectivity index (χ2n) is 3.02. The van der Waals surface area contributed by atoms with Crippen molar-refractivity contribution in [2.45, 2.75) is 16.6 Å². The molecule has 0 aromatic heterocycles. The van der Waals surface area contributed by atoms with Crippen molar-refractivity contribution in [1.82, 2.24) is 0 Å². The van der Waals surface area contributed by atoms with Gasteiger partial charge >= 0.3 is 0 Å². The SMILES string of the molecule is CSc1ccc(CBr)c(C(=O)CCCl)c1. The molecule has 0 aliphatic carbocycles. The first kappa shape index (κ1) is 13.1. The van der Waals surface area contributed by atoms with Gasteiger partial charge in [0, 0.05) is 28.1 Å². The van der Waals surface area contributed by atoms with Crippen LogP contribution in [0.2, 0.25) is 0 Å². The second-order valence-corrected chi connectivity index (χ2v) is 4.84. The van der Waals surface area contributed by atoms with Crippen molar-refractivity contribution in [2.24, 2.45) is 0 Å². The van der Waals surface area contributed by atoms with Crippen LogP contribution in [0, 0.1) is 0 Å². The summed E-state index contributed by atoms with van der Waals surface area (Å²) in [5.74, 6) is 0.500. The molecule has 0 saturated heterocycles. The van der Waals surface area contributed by atoms with Gasteiger partial charge in [-0.3, -0.25) is 4.79 Å². The minimum absolute atomic E-state index is 0.121. The predicted octanol–water partition coefficient (Wildman–Crippen LogP) is 4.12. The molecule has 0 amide bonds.